The van der Waals surface area contributed by atoms with Crippen molar-refractivity contribution in [2.75, 3.05) is 0 Å². The highest BCUT2D eigenvalue weighted by Crippen LogP contribution is 2.34. The molecule has 0 unspecified atom stereocenters. The van der Waals surface area contributed by atoms with E-state index in [0.717, 1.165) is 22.2 Å². The van der Waals surface area contributed by atoms with E-state index in [2.05, 4.69) is 30.6 Å². The molecule has 6 heterocycles. The van der Waals surface area contributed by atoms with Crippen LogP contribution in [0, 0.1) is 0 Å². The predicted molar refractivity (Wildman–Crippen MR) is 215 cm³/mol. The summed E-state index contributed by atoms with van der Waals surface area (Å²) >= 11 is 0. The number of rotatable bonds is 0. The number of imidazole rings is 1. The summed E-state index contributed by atoms with van der Waals surface area (Å²) in [6, 6.07) is 28.5. The van der Waals surface area contributed by atoms with Crippen LogP contribution in [0.1, 0.15) is 52.7 Å². The van der Waals surface area contributed by atoms with Crippen LogP contribution in [-0.4, -0.2) is 52.4 Å². The highest BCUT2D eigenvalue weighted by Gasteiger charge is 2.32. The summed E-state index contributed by atoms with van der Waals surface area (Å²) in [4.78, 5) is 98.5. The van der Waals surface area contributed by atoms with Crippen LogP contribution in [0.15, 0.2) is 124 Å². The van der Waals surface area contributed by atoms with E-state index >= 15 is 0 Å². The van der Waals surface area contributed by atoms with Crippen molar-refractivity contribution in [2.24, 2.45) is 0 Å². The maximum atomic E-state index is 12.6. The number of imide groups is 2. The number of amides is 4. The molecule has 0 fully saturated rings. The molecule has 0 bridgehead atoms. The lowest BCUT2D eigenvalue weighted by Gasteiger charge is -2.22. The van der Waals surface area contributed by atoms with Gasteiger partial charge in [-0.2, -0.15) is 0 Å². The Bertz CT molecular complexity index is 3440. The number of hydrogen-bond donors (Lipinski definition) is 4. The molecule has 0 radical (unpaired) electrons. The van der Waals surface area contributed by atoms with Gasteiger partial charge in [0.05, 0.1) is 32.8 Å². The van der Waals surface area contributed by atoms with Crippen LogP contribution in [0.4, 0.5) is 0 Å². The second-order valence-corrected chi connectivity index (χ2v) is 13.7. The Labute approximate surface area is 323 Å². The van der Waals surface area contributed by atoms with Gasteiger partial charge in [-0.3, -0.25) is 58.6 Å². The molecule has 12 rings (SSSR count). The molecule has 2 aliphatic heterocycles. The number of nitrogens with one attached hydrogen (secondary N) is 4. The topological polar surface area (TPSA) is 210 Å². The highest BCUT2D eigenvalue weighted by molar-refractivity contribution is 6.33. The molecule has 15 heteroatoms. The lowest BCUT2D eigenvalue weighted by Crippen LogP contribution is -2.38. The van der Waals surface area contributed by atoms with E-state index in [1.54, 1.807) is 12.1 Å². The van der Waals surface area contributed by atoms with Crippen molar-refractivity contribution in [3.05, 3.63) is 174 Å². The van der Waals surface area contributed by atoms with Crippen LogP contribution in [0.3, 0.4) is 0 Å². The van der Waals surface area contributed by atoms with Crippen LogP contribution in [0.2, 0.25) is 0 Å². The average Bonchev–Trinajstić information content (AvgIpc) is 3.61. The molecular formula is C43H26N8O7. The Balaban J connectivity index is 0.000000106. The lowest BCUT2D eigenvalue weighted by atomic mass is 9.87. The quantitative estimate of drug-likeness (QED) is 0.0992. The van der Waals surface area contributed by atoms with Gasteiger partial charge in [0, 0.05) is 50.7 Å². The van der Waals surface area contributed by atoms with E-state index in [-0.39, 0.29) is 16.7 Å². The van der Waals surface area contributed by atoms with Gasteiger partial charge in [-0.1, -0.05) is 48.6 Å². The number of para-hydroxylation sites is 4. The van der Waals surface area contributed by atoms with E-state index in [1.165, 1.54) is 28.7 Å². The van der Waals surface area contributed by atoms with Gasteiger partial charge in [-0.15, -0.1) is 0 Å². The molecule has 5 aromatic carbocycles. The summed E-state index contributed by atoms with van der Waals surface area (Å²) in [6.45, 7) is 0. The maximum absolute atomic E-state index is 12.6. The van der Waals surface area contributed by atoms with Gasteiger partial charge in [-0.05, 0) is 67.1 Å². The summed E-state index contributed by atoms with van der Waals surface area (Å²) in [5.74, 6) is -1.20. The molecule has 0 atom stereocenters. The van der Waals surface area contributed by atoms with Gasteiger partial charge in [0.15, 0.2) is 0 Å². The van der Waals surface area contributed by atoms with Crippen LogP contribution in [-0.2, 0) is 12.8 Å². The summed E-state index contributed by atoms with van der Waals surface area (Å²) in [5, 5.41) is 6.44. The standard InChI is InChI=1S/C15H11N3O2.C14H9N3O.C14H6N2O4/c19-13-10-6-2-4-8-12(10)18-14(20)9-5-1-3-7-11(9)16-15(18)17-13;18-13-9-5-1-3-7-11(9)17-12-8-4-2-6-10(12)15-14(17)16-13;17-11-5-1-2-6-10-8(14(20)16-12(6)18)4-3-7(9(5)10)13(19)15-11/h1-5,7H,6,8H2,(H,16,17,19);1-8H,(H,15,16,18);1-4H,(H,15,17,19)(H,16,18,20). The smallest absolute Gasteiger partial charge is 0.267 e. The Morgan fingerprint density at radius 1 is 0.466 bits per heavy atom. The number of aromatic amines is 2. The number of H-pyrrole nitrogens is 2. The van der Waals surface area contributed by atoms with Crippen molar-refractivity contribution in [1.82, 2.24) is 39.4 Å². The predicted octanol–water partition coefficient (Wildman–Crippen LogP) is 4.13. The van der Waals surface area contributed by atoms with Crippen molar-refractivity contribution in [3.8, 4) is 0 Å². The van der Waals surface area contributed by atoms with Crippen LogP contribution in [0.5, 0.6) is 0 Å². The van der Waals surface area contributed by atoms with Crippen LogP contribution < -0.4 is 27.3 Å². The van der Waals surface area contributed by atoms with Gasteiger partial charge in [-0.25, -0.2) is 14.4 Å². The fourth-order valence-corrected chi connectivity index (χ4v) is 7.84. The number of allylic oxidation sites excluding steroid dienone is 2. The molecule has 0 spiro atoms. The second-order valence-electron chi connectivity index (χ2n) is 13.7. The van der Waals surface area contributed by atoms with E-state index in [9.17, 15) is 33.6 Å². The minimum atomic E-state index is -0.523. The van der Waals surface area contributed by atoms with Crippen molar-refractivity contribution in [3.63, 3.8) is 0 Å². The van der Waals surface area contributed by atoms with Crippen LogP contribution in [0.25, 0.3) is 55.2 Å². The Morgan fingerprint density at radius 2 is 0.948 bits per heavy atom. The number of aromatic nitrogens is 6. The molecule has 280 valence electrons. The zero-order valence-electron chi connectivity index (χ0n) is 30.0. The summed E-state index contributed by atoms with van der Waals surface area (Å²) in [7, 11) is 0. The molecule has 58 heavy (non-hydrogen) atoms. The normalized spacial score (nSPS) is 13.9. The first kappa shape index (κ1) is 34.2. The number of fused-ring (bicyclic) bond motifs is 9. The first-order chi connectivity index (χ1) is 28.2. The van der Waals surface area contributed by atoms with Crippen LogP contribution >= 0.6 is 0 Å². The number of hydrogen-bond acceptors (Lipinski definition) is 9. The van der Waals surface area contributed by atoms with Gasteiger partial charge < -0.3 is 0 Å². The fourth-order valence-electron chi connectivity index (χ4n) is 7.84. The summed E-state index contributed by atoms with van der Waals surface area (Å²) in [6.07, 6.45) is 5.06. The molecule has 9 aromatic rings. The first-order valence-electron chi connectivity index (χ1n) is 18.1. The molecule has 0 saturated carbocycles. The third-order valence-electron chi connectivity index (χ3n) is 10.5. The first-order valence-corrected chi connectivity index (χ1v) is 18.1. The Hall–Kier alpha value is -8.33. The van der Waals surface area contributed by atoms with Gasteiger partial charge in [0.2, 0.25) is 11.6 Å². The van der Waals surface area contributed by atoms with E-state index < -0.39 is 23.6 Å². The Kier molecular flexibility index (Phi) is 7.59. The SMILES string of the molecule is O=C1NC(=O)c2ccc3c4c(ccc1c24)C(=O)NC3=O.O=c1[nH]c2nc3ccccc3c(=O)n2c2c1CC=CC2.O=c1[nH]c2nc3ccccc3n2c2ccccc12. The number of carbonyl (C=O) groups excluding carboxylic acids is 4. The molecule has 1 aliphatic carbocycles. The average molecular weight is 767 g/mol. The van der Waals surface area contributed by atoms with E-state index in [0.29, 0.717) is 79.3 Å². The molecule has 4 amide bonds. The lowest BCUT2D eigenvalue weighted by molar-refractivity contribution is 0.0823. The molecule has 3 aliphatic rings. The van der Waals surface area contributed by atoms with Gasteiger partial charge >= 0.3 is 0 Å². The number of carbonyl (C=O) groups is 4. The van der Waals surface area contributed by atoms with Gasteiger partial charge in [0.1, 0.15) is 0 Å². The Morgan fingerprint density at radius 3 is 1.59 bits per heavy atom. The molecule has 4 aromatic heterocycles. The summed E-state index contributed by atoms with van der Waals surface area (Å²) < 4.78 is 3.51. The number of benzene rings is 5. The monoisotopic (exact) mass is 766 g/mol. The minimum Gasteiger partial charge on any atom is -0.292 e. The minimum absolute atomic E-state index is 0.103. The maximum Gasteiger partial charge on any atom is 0.267 e. The zero-order chi connectivity index (χ0) is 39.8. The second kappa shape index (κ2) is 12.9. The molecular weight excluding hydrogens is 741 g/mol. The van der Waals surface area contributed by atoms with E-state index in [4.69, 9.17) is 0 Å². The molecule has 15 nitrogen and oxygen atoms in total. The third kappa shape index (κ3) is 5.17. The van der Waals surface area contributed by atoms with Crippen molar-refractivity contribution in [2.45, 2.75) is 12.8 Å². The summed E-state index contributed by atoms with van der Waals surface area (Å²) in [5.41, 5.74) is 5.53. The van der Waals surface area contributed by atoms with Crippen molar-refractivity contribution < 1.29 is 19.2 Å². The molecule has 0 saturated heterocycles. The number of nitrogens with zero attached hydrogens (tertiary/aromatic N) is 4. The highest BCUT2D eigenvalue weighted by atomic mass is 16.2. The molecule has 4 N–H and O–H groups in total. The van der Waals surface area contributed by atoms with Gasteiger partial charge in [0.25, 0.3) is 40.3 Å². The van der Waals surface area contributed by atoms with E-state index in [1.807, 2.05) is 77.2 Å². The van der Waals surface area contributed by atoms with Crippen molar-refractivity contribution >= 4 is 78.8 Å². The fraction of sp³-hybridized carbons (Fsp3) is 0.0465. The zero-order valence-corrected chi connectivity index (χ0v) is 30.0. The van der Waals surface area contributed by atoms with Crippen molar-refractivity contribution in [1.29, 1.82) is 0 Å². The third-order valence-corrected chi connectivity index (χ3v) is 10.5. The largest absolute Gasteiger partial charge is 0.292 e.